The predicted octanol–water partition coefficient (Wildman–Crippen LogP) is 4.32. The SMILES string of the molecule is CN(C)CC(C)(c1ccccc1)C1C=Cc2ccccc21. The first-order chi connectivity index (χ1) is 10.1. The first kappa shape index (κ1) is 14.1. The van der Waals surface area contributed by atoms with E-state index in [-0.39, 0.29) is 5.41 Å². The summed E-state index contributed by atoms with van der Waals surface area (Å²) in [6, 6.07) is 19.7. The van der Waals surface area contributed by atoms with Gasteiger partial charge in [-0.3, -0.25) is 0 Å². The van der Waals surface area contributed by atoms with Crippen molar-refractivity contribution in [1.82, 2.24) is 4.90 Å². The van der Waals surface area contributed by atoms with E-state index in [0.29, 0.717) is 5.92 Å². The van der Waals surface area contributed by atoms with E-state index in [9.17, 15) is 0 Å². The molecule has 1 aliphatic carbocycles. The third kappa shape index (κ3) is 2.54. The van der Waals surface area contributed by atoms with Gasteiger partial charge in [0.15, 0.2) is 0 Å². The van der Waals surface area contributed by atoms with Crippen LogP contribution in [0.25, 0.3) is 6.08 Å². The summed E-state index contributed by atoms with van der Waals surface area (Å²) in [5.74, 6) is 0.429. The van der Waals surface area contributed by atoms with E-state index in [4.69, 9.17) is 0 Å². The maximum atomic E-state index is 2.39. The second kappa shape index (κ2) is 5.50. The molecule has 0 amide bonds. The summed E-state index contributed by atoms with van der Waals surface area (Å²) >= 11 is 0. The molecule has 0 fully saturated rings. The minimum absolute atomic E-state index is 0.0772. The molecule has 0 bridgehead atoms. The molecule has 1 aliphatic rings. The van der Waals surface area contributed by atoms with Gasteiger partial charge in [0.25, 0.3) is 0 Å². The zero-order chi connectivity index (χ0) is 14.9. The number of nitrogens with zero attached hydrogens (tertiary/aromatic N) is 1. The Morgan fingerprint density at radius 1 is 0.952 bits per heavy atom. The highest BCUT2D eigenvalue weighted by molar-refractivity contribution is 5.64. The van der Waals surface area contributed by atoms with Gasteiger partial charge in [-0.25, -0.2) is 0 Å². The third-order valence-corrected chi connectivity index (χ3v) is 4.56. The summed E-state index contributed by atoms with van der Waals surface area (Å²) in [6.45, 7) is 3.42. The lowest BCUT2D eigenvalue weighted by Crippen LogP contribution is -2.39. The molecule has 0 aliphatic heterocycles. The van der Waals surface area contributed by atoms with Crippen molar-refractivity contribution >= 4 is 6.08 Å². The quantitative estimate of drug-likeness (QED) is 0.804. The van der Waals surface area contributed by atoms with E-state index in [1.165, 1.54) is 16.7 Å². The van der Waals surface area contributed by atoms with Crippen LogP contribution in [-0.2, 0) is 5.41 Å². The summed E-state index contributed by atoms with van der Waals surface area (Å²) < 4.78 is 0. The number of benzene rings is 2. The lowest BCUT2D eigenvalue weighted by Gasteiger charge is -2.38. The first-order valence-electron chi connectivity index (χ1n) is 7.58. The summed E-state index contributed by atoms with van der Waals surface area (Å²) in [5, 5.41) is 0. The van der Waals surface area contributed by atoms with Crippen LogP contribution >= 0.6 is 0 Å². The van der Waals surface area contributed by atoms with Gasteiger partial charge in [0, 0.05) is 17.9 Å². The normalized spacial score (nSPS) is 19.5. The molecule has 0 aromatic heterocycles. The van der Waals surface area contributed by atoms with Crippen LogP contribution in [0.4, 0.5) is 0 Å². The van der Waals surface area contributed by atoms with Crippen LogP contribution in [0.1, 0.15) is 29.5 Å². The molecular weight excluding hydrogens is 254 g/mol. The molecule has 2 aromatic rings. The zero-order valence-electron chi connectivity index (χ0n) is 13.1. The first-order valence-corrected chi connectivity index (χ1v) is 7.58. The molecule has 0 heterocycles. The molecule has 0 radical (unpaired) electrons. The largest absolute Gasteiger partial charge is 0.308 e. The van der Waals surface area contributed by atoms with Crippen molar-refractivity contribution in [2.75, 3.05) is 20.6 Å². The van der Waals surface area contributed by atoms with E-state index < -0.39 is 0 Å². The van der Waals surface area contributed by atoms with Crippen LogP contribution in [0, 0.1) is 0 Å². The summed E-state index contributed by atoms with van der Waals surface area (Å²) in [4.78, 5) is 2.29. The van der Waals surface area contributed by atoms with Gasteiger partial charge in [-0.15, -0.1) is 0 Å². The lowest BCUT2D eigenvalue weighted by molar-refractivity contribution is 0.279. The van der Waals surface area contributed by atoms with Crippen molar-refractivity contribution in [3.05, 3.63) is 77.4 Å². The Bertz CT molecular complexity index is 642. The fourth-order valence-electron chi connectivity index (χ4n) is 3.65. The van der Waals surface area contributed by atoms with Gasteiger partial charge < -0.3 is 4.90 Å². The van der Waals surface area contributed by atoms with Gasteiger partial charge in [-0.1, -0.05) is 73.7 Å². The van der Waals surface area contributed by atoms with Crippen LogP contribution < -0.4 is 0 Å². The molecule has 1 nitrogen and oxygen atoms in total. The monoisotopic (exact) mass is 277 g/mol. The van der Waals surface area contributed by atoms with Crippen LogP contribution in [0.2, 0.25) is 0 Å². The average molecular weight is 277 g/mol. The molecule has 0 saturated carbocycles. The number of rotatable bonds is 4. The maximum Gasteiger partial charge on any atom is 0.0155 e. The van der Waals surface area contributed by atoms with E-state index >= 15 is 0 Å². The average Bonchev–Trinajstić information content (AvgIpc) is 2.92. The molecule has 108 valence electrons. The van der Waals surface area contributed by atoms with E-state index in [0.717, 1.165) is 6.54 Å². The summed E-state index contributed by atoms with van der Waals surface area (Å²) in [6.07, 6.45) is 4.65. The molecule has 2 atom stereocenters. The van der Waals surface area contributed by atoms with Gasteiger partial charge in [0.1, 0.15) is 0 Å². The van der Waals surface area contributed by atoms with Crippen molar-refractivity contribution in [2.24, 2.45) is 0 Å². The van der Waals surface area contributed by atoms with Gasteiger partial charge >= 0.3 is 0 Å². The van der Waals surface area contributed by atoms with E-state index in [1.54, 1.807) is 0 Å². The van der Waals surface area contributed by atoms with Crippen molar-refractivity contribution in [2.45, 2.75) is 18.3 Å². The Kier molecular flexibility index (Phi) is 3.69. The highest BCUT2D eigenvalue weighted by Crippen LogP contribution is 2.45. The van der Waals surface area contributed by atoms with Gasteiger partial charge in [-0.05, 0) is 30.8 Å². The number of likely N-dealkylation sites (N-methyl/N-ethyl adjacent to an activating group) is 1. The summed E-state index contributed by atoms with van der Waals surface area (Å²) in [5.41, 5.74) is 4.30. The Hall–Kier alpha value is -1.86. The van der Waals surface area contributed by atoms with E-state index in [1.807, 2.05) is 0 Å². The highest BCUT2D eigenvalue weighted by atomic mass is 15.1. The molecule has 1 heteroatoms. The minimum Gasteiger partial charge on any atom is -0.308 e. The number of hydrogen-bond donors (Lipinski definition) is 0. The second-order valence-electron chi connectivity index (χ2n) is 6.49. The fraction of sp³-hybridized carbons (Fsp3) is 0.300. The Balaban J connectivity index is 2.08. The van der Waals surface area contributed by atoms with Crippen molar-refractivity contribution in [3.63, 3.8) is 0 Å². The van der Waals surface area contributed by atoms with Crippen LogP contribution in [0.5, 0.6) is 0 Å². The highest BCUT2D eigenvalue weighted by Gasteiger charge is 2.38. The topological polar surface area (TPSA) is 3.24 Å². The van der Waals surface area contributed by atoms with Crippen LogP contribution in [0.3, 0.4) is 0 Å². The van der Waals surface area contributed by atoms with E-state index in [2.05, 4.69) is 92.7 Å². The molecule has 3 rings (SSSR count). The van der Waals surface area contributed by atoms with Crippen LogP contribution in [-0.4, -0.2) is 25.5 Å². The molecule has 0 N–H and O–H groups in total. The molecule has 0 spiro atoms. The van der Waals surface area contributed by atoms with Crippen molar-refractivity contribution in [3.8, 4) is 0 Å². The number of fused-ring (bicyclic) bond motifs is 1. The van der Waals surface area contributed by atoms with Gasteiger partial charge in [-0.2, -0.15) is 0 Å². The Morgan fingerprint density at radius 2 is 1.62 bits per heavy atom. The number of allylic oxidation sites excluding steroid dienone is 1. The minimum atomic E-state index is 0.0772. The van der Waals surface area contributed by atoms with Crippen molar-refractivity contribution in [1.29, 1.82) is 0 Å². The Morgan fingerprint density at radius 3 is 2.33 bits per heavy atom. The third-order valence-electron chi connectivity index (χ3n) is 4.56. The van der Waals surface area contributed by atoms with Gasteiger partial charge in [0.05, 0.1) is 0 Å². The number of hydrogen-bond acceptors (Lipinski definition) is 1. The lowest BCUT2D eigenvalue weighted by atomic mass is 9.69. The molecule has 2 aromatic carbocycles. The zero-order valence-corrected chi connectivity index (χ0v) is 13.1. The standard InChI is InChI=1S/C20H23N/c1-20(15-21(2)3,17-10-5-4-6-11-17)19-14-13-16-9-7-8-12-18(16)19/h4-14,19H,15H2,1-3H3. The smallest absolute Gasteiger partial charge is 0.0155 e. The molecule has 0 saturated heterocycles. The predicted molar refractivity (Wildman–Crippen MR) is 90.6 cm³/mol. The molecule has 21 heavy (non-hydrogen) atoms. The van der Waals surface area contributed by atoms with Crippen molar-refractivity contribution < 1.29 is 0 Å². The van der Waals surface area contributed by atoms with Crippen LogP contribution in [0.15, 0.2) is 60.7 Å². The molecular formula is C20H23N. The maximum absolute atomic E-state index is 2.39. The summed E-state index contributed by atoms with van der Waals surface area (Å²) in [7, 11) is 4.32. The second-order valence-corrected chi connectivity index (χ2v) is 6.49. The van der Waals surface area contributed by atoms with Gasteiger partial charge in [0.2, 0.25) is 0 Å². The Labute approximate surface area is 127 Å². The fourth-order valence-corrected chi connectivity index (χ4v) is 3.65. The molecule has 2 unspecified atom stereocenters.